The van der Waals surface area contributed by atoms with E-state index in [1.165, 1.54) is 16.3 Å². The van der Waals surface area contributed by atoms with Crippen LogP contribution in [-0.4, -0.2) is 38.7 Å². The van der Waals surface area contributed by atoms with Gasteiger partial charge in [0.05, 0.1) is 22.7 Å². The molecule has 0 bridgehead atoms. The van der Waals surface area contributed by atoms with Crippen LogP contribution in [0.3, 0.4) is 0 Å². The van der Waals surface area contributed by atoms with Gasteiger partial charge in [-0.25, -0.2) is 4.98 Å². The second kappa shape index (κ2) is 7.50. The molecule has 136 valence electrons. The average Bonchev–Trinajstić information content (AvgIpc) is 2.69. The first kappa shape index (κ1) is 18.5. The fourth-order valence-electron chi connectivity index (χ4n) is 3.45. The maximum absolute atomic E-state index is 12.7. The number of hydrogen-bond acceptors (Lipinski definition) is 5. The lowest BCUT2D eigenvalue weighted by Gasteiger charge is -2.39. The number of fused-ring (bicyclic) bond motifs is 1. The molecular formula is C19H22N4O2S. The van der Waals surface area contributed by atoms with Gasteiger partial charge in [0.15, 0.2) is 5.16 Å². The van der Waals surface area contributed by atoms with Crippen LogP contribution in [0.4, 0.5) is 0 Å². The lowest BCUT2D eigenvalue weighted by Crippen LogP contribution is -2.50. The molecule has 0 saturated heterocycles. The highest BCUT2D eigenvalue weighted by atomic mass is 32.2. The molecule has 7 heteroatoms. The van der Waals surface area contributed by atoms with E-state index in [0.29, 0.717) is 16.1 Å². The van der Waals surface area contributed by atoms with Crippen molar-refractivity contribution in [2.45, 2.75) is 42.8 Å². The molecule has 0 unspecified atom stereocenters. The first-order chi connectivity index (χ1) is 12.5. The molecule has 0 spiro atoms. The second-order valence-corrected chi connectivity index (χ2v) is 7.66. The van der Waals surface area contributed by atoms with Crippen LogP contribution in [0.15, 0.2) is 34.2 Å². The lowest BCUT2D eigenvalue weighted by molar-refractivity contribution is -0.131. The van der Waals surface area contributed by atoms with E-state index in [9.17, 15) is 14.9 Å². The normalized spacial score (nSPS) is 16.2. The Morgan fingerprint density at radius 3 is 2.73 bits per heavy atom. The quantitative estimate of drug-likeness (QED) is 0.611. The van der Waals surface area contributed by atoms with E-state index in [-0.39, 0.29) is 17.2 Å². The van der Waals surface area contributed by atoms with Crippen LogP contribution in [0.25, 0.3) is 10.9 Å². The number of carbonyl (C=O) groups excluding carboxylic acids is 1. The standard InChI is InChI=1S/C19H22N4O2S/c1-22-17(25)14-8-4-5-9-15(14)21-18(22)26-12-16(24)23(2)19(13-20)10-6-3-7-11-19/h4-5,8-9H,3,6-7,10-12H2,1-2H3. The highest BCUT2D eigenvalue weighted by molar-refractivity contribution is 7.99. The van der Waals surface area contributed by atoms with E-state index in [4.69, 9.17) is 0 Å². The Kier molecular flexibility index (Phi) is 5.33. The van der Waals surface area contributed by atoms with Crippen molar-refractivity contribution in [1.82, 2.24) is 14.5 Å². The number of para-hydroxylation sites is 1. The second-order valence-electron chi connectivity index (χ2n) is 6.72. The largest absolute Gasteiger partial charge is 0.326 e. The molecule has 3 rings (SSSR count). The summed E-state index contributed by atoms with van der Waals surface area (Å²) in [4.78, 5) is 31.2. The molecule has 0 aliphatic heterocycles. The Balaban J connectivity index is 1.77. The minimum absolute atomic E-state index is 0.110. The van der Waals surface area contributed by atoms with E-state index >= 15 is 0 Å². The molecule has 1 aromatic carbocycles. The molecule has 1 saturated carbocycles. The van der Waals surface area contributed by atoms with Gasteiger partial charge in [-0.3, -0.25) is 14.2 Å². The summed E-state index contributed by atoms with van der Waals surface area (Å²) in [5.41, 5.74) is -0.196. The van der Waals surface area contributed by atoms with Gasteiger partial charge >= 0.3 is 0 Å². The Morgan fingerprint density at radius 2 is 2.04 bits per heavy atom. The highest BCUT2D eigenvalue weighted by Crippen LogP contribution is 2.33. The number of benzene rings is 1. The van der Waals surface area contributed by atoms with Crippen molar-refractivity contribution in [3.8, 4) is 6.07 Å². The zero-order valence-corrected chi connectivity index (χ0v) is 15.9. The molecule has 2 aromatic rings. The average molecular weight is 370 g/mol. The Hall–Kier alpha value is -2.33. The predicted octanol–water partition coefficient (Wildman–Crippen LogP) is 2.71. The fourth-order valence-corrected chi connectivity index (χ4v) is 4.33. The number of nitriles is 1. The minimum Gasteiger partial charge on any atom is -0.326 e. The van der Waals surface area contributed by atoms with Crippen molar-refractivity contribution < 1.29 is 4.79 Å². The molecule has 1 aliphatic rings. The molecule has 1 aliphatic carbocycles. The van der Waals surface area contributed by atoms with Gasteiger partial charge in [0.1, 0.15) is 5.54 Å². The third-order valence-electron chi connectivity index (χ3n) is 5.17. The summed E-state index contributed by atoms with van der Waals surface area (Å²) in [5, 5.41) is 10.7. The van der Waals surface area contributed by atoms with Crippen molar-refractivity contribution in [3.63, 3.8) is 0 Å². The van der Waals surface area contributed by atoms with Crippen molar-refractivity contribution in [2.75, 3.05) is 12.8 Å². The fraction of sp³-hybridized carbons (Fsp3) is 0.474. The molecule has 0 N–H and O–H groups in total. The van der Waals surface area contributed by atoms with Crippen LogP contribution in [0.2, 0.25) is 0 Å². The number of nitrogens with zero attached hydrogens (tertiary/aromatic N) is 4. The first-order valence-electron chi connectivity index (χ1n) is 8.75. The van der Waals surface area contributed by atoms with Gasteiger partial charge in [0.2, 0.25) is 5.91 Å². The van der Waals surface area contributed by atoms with Crippen molar-refractivity contribution in [1.29, 1.82) is 5.26 Å². The summed E-state index contributed by atoms with van der Waals surface area (Å²) >= 11 is 1.24. The van der Waals surface area contributed by atoms with Crippen molar-refractivity contribution in [3.05, 3.63) is 34.6 Å². The summed E-state index contributed by atoms with van der Waals surface area (Å²) in [5.74, 6) is 0.0410. The van der Waals surface area contributed by atoms with E-state index in [1.807, 2.05) is 12.1 Å². The van der Waals surface area contributed by atoms with Gasteiger partial charge in [0, 0.05) is 14.1 Å². The number of carbonyl (C=O) groups is 1. The molecule has 6 nitrogen and oxygen atoms in total. The molecule has 26 heavy (non-hydrogen) atoms. The van der Waals surface area contributed by atoms with Gasteiger partial charge in [0.25, 0.3) is 5.56 Å². The number of thioether (sulfide) groups is 1. The summed E-state index contributed by atoms with van der Waals surface area (Å²) in [6.45, 7) is 0. The van der Waals surface area contributed by atoms with Crippen LogP contribution in [-0.2, 0) is 11.8 Å². The lowest BCUT2D eigenvalue weighted by atomic mass is 9.81. The van der Waals surface area contributed by atoms with Crippen LogP contribution in [0.5, 0.6) is 0 Å². The van der Waals surface area contributed by atoms with Gasteiger partial charge in [-0.1, -0.05) is 43.2 Å². The molecule has 1 heterocycles. The highest BCUT2D eigenvalue weighted by Gasteiger charge is 2.38. The topological polar surface area (TPSA) is 79.0 Å². The monoisotopic (exact) mass is 370 g/mol. The van der Waals surface area contributed by atoms with Crippen molar-refractivity contribution >= 4 is 28.6 Å². The number of hydrogen-bond donors (Lipinski definition) is 0. The van der Waals surface area contributed by atoms with Gasteiger partial charge in [-0.2, -0.15) is 5.26 Å². The summed E-state index contributed by atoms with van der Waals surface area (Å²) < 4.78 is 1.47. The third-order valence-corrected chi connectivity index (χ3v) is 6.19. The maximum Gasteiger partial charge on any atom is 0.261 e. The SMILES string of the molecule is CN(C(=O)CSc1nc2ccccc2c(=O)n1C)C1(C#N)CCCCC1. The van der Waals surface area contributed by atoms with Crippen LogP contribution >= 0.6 is 11.8 Å². The van der Waals surface area contributed by atoms with Gasteiger partial charge < -0.3 is 4.90 Å². The zero-order chi connectivity index (χ0) is 18.7. The van der Waals surface area contributed by atoms with Crippen molar-refractivity contribution in [2.24, 2.45) is 7.05 Å². The summed E-state index contributed by atoms with van der Waals surface area (Å²) in [6.07, 6.45) is 4.51. The molecule has 0 atom stereocenters. The first-order valence-corrected chi connectivity index (χ1v) is 9.73. The molecule has 1 amide bonds. The van der Waals surface area contributed by atoms with Crippen LogP contribution < -0.4 is 5.56 Å². The van der Waals surface area contributed by atoms with Gasteiger partial charge in [-0.15, -0.1) is 0 Å². The van der Waals surface area contributed by atoms with E-state index in [0.717, 1.165) is 32.1 Å². The molecular weight excluding hydrogens is 348 g/mol. The summed E-state index contributed by atoms with van der Waals surface area (Å²) in [7, 11) is 3.38. The number of rotatable bonds is 4. The zero-order valence-electron chi connectivity index (χ0n) is 15.1. The molecule has 1 aromatic heterocycles. The maximum atomic E-state index is 12.7. The molecule has 1 fully saturated rings. The van der Waals surface area contributed by atoms with Crippen LogP contribution in [0, 0.1) is 11.3 Å². The van der Waals surface area contributed by atoms with E-state index in [1.54, 1.807) is 31.1 Å². The number of aromatic nitrogens is 2. The Labute approximate surface area is 156 Å². The van der Waals surface area contributed by atoms with Crippen LogP contribution in [0.1, 0.15) is 32.1 Å². The Bertz CT molecular complexity index is 925. The Morgan fingerprint density at radius 1 is 1.35 bits per heavy atom. The minimum atomic E-state index is -0.696. The number of amides is 1. The summed E-state index contributed by atoms with van der Waals surface area (Å²) in [6, 6.07) is 9.55. The molecule has 0 radical (unpaired) electrons. The van der Waals surface area contributed by atoms with E-state index in [2.05, 4.69) is 11.1 Å². The predicted molar refractivity (Wildman–Crippen MR) is 102 cm³/mol. The third kappa shape index (κ3) is 3.34. The smallest absolute Gasteiger partial charge is 0.261 e. The van der Waals surface area contributed by atoms with E-state index < -0.39 is 5.54 Å². The van der Waals surface area contributed by atoms with Gasteiger partial charge in [-0.05, 0) is 25.0 Å².